The van der Waals surface area contributed by atoms with Gasteiger partial charge in [-0.05, 0) is 43.2 Å². The normalized spacial score (nSPS) is 14.1. The van der Waals surface area contributed by atoms with Crippen LogP contribution in [0, 0.1) is 17.2 Å². The van der Waals surface area contributed by atoms with Gasteiger partial charge in [-0.1, -0.05) is 11.6 Å². The summed E-state index contributed by atoms with van der Waals surface area (Å²) in [7, 11) is 3.16. The van der Waals surface area contributed by atoms with E-state index in [2.05, 4.69) is 21.3 Å². The second kappa shape index (κ2) is 9.33. The van der Waals surface area contributed by atoms with Crippen LogP contribution < -0.4 is 19.7 Å². The highest BCUT2D eigenvalue weighted by Crippen LogP contribution is 2.38. The van der Waals surface area contributed by atoms with E-state index in [0.717, 1.165) is 22.3 Å². The highest BCUT2D eigenvalue weighted by atomic mass is 35.5. The maximum absolute atomic E-state index is 12.7. The molecule has 1 aliphatic rings. The van der Waals surface area contributed by atoms with Gasteiger partial charge < -0.3 is 19.7 Å². The summed E-state index contributed by atoms with van der Waals surface area (Å²) in [6, 6.07) is 13.0. The molecule has 0 aliphatic carbocycles. The van der Waals surface area contributed by atoms with E-state index < -0.39 is 0 Å². The molecule has 0 unspecified atom stereocenters. The molecule has 1 saturated heterocycles. The number of pyridine rings is 1. The number of aromatic nitrogens is 1. The molecule has 1 aliphatic heterocycles. The van der Waals surface area contributed by atoms with Crippen molar-refractivity contribution in [2.75, 3.05) is 37.5 Å². The summed E-state index contributed by atoms with van der Waals surface area (Å²) < 4.78 is 10.8. The minimum atomic E-state index is -0.102. The van der Waals surface area contributed by atoms with Crippen LogP contribution in [-0.4, -0.2) is 38.2 Å². The first-order chi connectivity index (χ1) is 15.5. The molecule has 0 saturated carbocycles. The molecule has 0 atom stereocenters. The SMILES string of the molecule is COc1cc2ncc(C#N)c(N3CCC(C(=O)Nc4ccc(Cl)cc4)CC3)c2cc1OC. The van der Waals surface area contributed by atoms with Crippen LogP contribution in [0.15, 0.2) is 42.6 Å². The lowest BCUT2D eigenvalue weighted by Crippen LogP contribution is -2.38. The van der Waals surface area contributed by atoms with Gasteiger partial charge in [0.1, 0.15) is 6.07 Å². The third kappa shape index (κ3) is 4.27. The molecule has 0 bridgehead atoms. The lowest BCUT2D eigenvalue weighted by molar-refractivity contribution is -0.120. The zero-order valence-electron chi connectivity index (χ0n) is 17.9. The Morgan fingerprint density at radius 3 is 2.44 bits per heavy atom. The number of ether oxygens (including phenoxy) is 2. The third-order valence-corrected chi connectivity index (χ3v) is 6.01. The average molecular weight is 451 g/mol. The summed E-state index contributed by atoms with van der Waals surface area (Å²) in [5.74, 6) is 1.06. The van der Waals surface area contributed by atoms with Crippen molar-refractivity contribution in [1.82, 2.24) is 4.98 Å². The minimum Gasteiger partial charge on any atom is -0.493 e. The van der Waals surface area contributed by atoms with Crippen molar-refractivity contribution in [2.24, 2.45) is 5.92 Å². The van der Waals surface area contributed by atoms with E-state index in [1.54, 1.807) is 44.7 Å². The Kier molecular flexibility index (Phi) is 6.33. The highest BCUT2D eigenvalue weighted by Gasteiger charge is 2.28. The quantitative estimate of drug-likeness (QED) is 0.609. The monoisotopic (exact) mass is 450 g/mol. The van der Waals surface area contributed by atoms with Gasteiger partial charge in [0, 0.05) is 47.4 Å². The summed E-state index contributed by atoms with van der Waals surface area (Å²) in [5, 5.41) is 14.1. The number of methoxy groups -OCH3 is 2. The Hall–Kier alpha value is -3.50. The molecule has 2 heterocycles. The molecule has 164 valence electrons. The lowest BCUT2D eigenvalue weighted by Gasteiger charge is -2.34. The molecule has 0 radical (unpaired) electrons. The summed E-state index contributed by atoms with van der Waals surface area (Å²) in [4.78, 5) is 19.3. The van der Waals surface area contributed by atoms with E-state index in [0.29, 0.717) is 48.0 Å². The van der Waals surface area contributed by atoms with Crippen LogP contribution in [0.5, 0.6) is 11.5 Å². The number of piperidine rings is 1. The van der Waals surface area contributed by atoms with E-state index in [4.69, 9.17) is 21.1 Å². The van der Waals surface area contributed by atoms with E-state index in [1.807, 2.05) is 12.1 Å². The maximum atomic E-state index is 12.7. The van der Waals surface area contributed by atoms with Gasteiger partial charge in [0.2, 0.25) is 5.91 Å². The number of hydrogen-bond donors (Lipinski definition) is 1. The Labute approximate surface area is 191 Å². The van der Waals surface area contributed by atoms with E-state index in [1.165, 1.54) is 0 Å². The Bertz CT molecular complexity index is 1180. The molecule has 1 aromatic heterocycles. The number of carbonyl (C=O) groups is 1. The Morgan fingerprint density at radius 1 is 1.16 bits per heavy atom. The first kappa shape index (κ1) is 21.7. The number of nitriles is 1. The molecule has 2 aromatic carbocycles. The number of halogens is 1. The second-order valence-corrected chi connectivity index (χ2v) is 8.05. The number of nitrogens with zero attached hydrogens (tertiary/aromatic N) is 3. The van der Waals surface area contributed by atoms with Gasteiger partial charge in [-0.25, -0.2) is 0 Å². The average Bonchev–Trinajstić information content (AvgIpc) is 2.83. The van der Waals surface area contributed by atoms with Gasteiger partial charge in [-0.2, -0.15) is 5.26 Å². The van der Waals surface area contributed by atoms with Crippen LogP contribution in [0.2, 0.25) is 5.02 Å². The van der Waals surface area contributed by atoms with E-state index in [-0.39, 0.29) is 11.8 Å². The van der Waals surface area contributed by atoms with Crippen molar-refractivity contribution in [3.05, 3.63) is 53.2 Å². The van der Waals surface area contributed by atoms with Crippen LogP contribution in [-0.2, 0) is 4.79 Å². The number of carbonyl (C=O) groups excluding carboxylic acids is 1. The first-order valence-electron chi connectivity index (χ1n) is 10.3. The maximum Gasteiger partial charge on any atom is 0.227 e. The van der Waals surface area contributed by atoms with Gasteiger partial charge in [-0.3, -0.25) is 9.78 Å². The molecule has 32 heavy (non-hydrogen) atoms. The summed E-state index contributed by atoms with van der Waals surface area (Å²) in [5.41, 5.74) is 2.76. The smallest absolute Gasteiger partial charge is 0.227 e. The van der Waals surface area contributed by atoms with Gasteiger partial charge in [0.05, 0.1) is 31.0 Å². The number of hydrogen-bond acceptors (Lipinski definition) is 6. The molecule has 8 heteroatoms. The Balaban J connectivity index is 1.56. The third-order valence-electron chi connectivity index (χ3n) is 5.76. The van der Waals surface area contributed by atoms with Crippen LogP contribution in [0.4, 0.5) is 11.4 Å². The second-order valence-electron chi connectivity index (χ2n) is 7.61. The number of benzene rings is 2. The van der Waals surface area contributed by atoms with Crippen LogP contribution in [0.1, 0.15) is 18.4 Å². The van der Waals surface area contributed by atoms with Crippen molar-refractivity contribution in [2.45, 2.75) is 12.8 Å². The molecule has 1 amide bonds. The standard InChI is InChI=1S/C24H23ClN4O3/c1-31-21-11-19-20(12-22(21)32-2)27-14-16(13-26)23(19)29-9-7-15(8-10-29)24(30)28-18-5-3-17(25)4-6-18/h3-6,11-12,14-15H,7-10H2,1-2H3,(H,28,30). The number of fused-ring (bicyclic) bond motifs is 1. The molecule has 7 nitrogen and oxygen atoms in total. The zero-order chi connectivity index (χ0) is 22.7. The van der Waals surface area contributed by atoms with Crippen molar-refractivity contribution in [1.29, 1.82) is 5.26 Å². The van der Waals surface area contributed by atoms with Gasteiger partial charge in [0.25, 0.3) is 0 Å². The van der Waals surface area contributed by atoms with Crippen molar-refractivity contribution < 1.29 is 14.3 Å². The summed E-state index contributed by atoms with van der Waals surface area (Å²) >= 11 is 5.91. The predicted molar refractivity (Wildman–Crippen MR) is 125 cm³/mol. The first-order valence-corrected chi connectivity index (χ1v) is 10.7. The molecule has 1 fully saturated rings. The van der Waals surface area contributed by atoms with E-state index in [9.17, 15) is 10.1 Å². The van der Waals surface area contributed by atoms with E-state index >= 15 is 0 Å². The fraction of sp³-hybridized carbons (Fsp3) is 0.292. The fourth-order valence-corrected chi connectivity index (χ4v) is 4.20. The summed E-state index contributed by atoms with van der Waals surface area (Å²) in [6.07, 6.45) is 2.95. The fourth-order valence-electron chi connectivity index (χ4n) is 4.07. The highest BCUT2D eigenvalue weighted by molar-refractivity contribution is 6.30. The molecular weight excluding hydrogens is 428 g/mol. The molecular formula is C24H23ClN4O3. The van der Waals surface area contributed by atoms with Crippen molar-refractivity contribution in [3.63, 3.8) is 0 Å². The van der Waals surface area contributed by atoms with Crippen LogP contribution >= 0.6 is 11.6 Å². The number of amides is 1. The zero-order valence-corrected chi connectivity index (χ0v) is 18.6. The largest absolute Gasteiger partial charge is 0.493 e. The Morgan fingerprint density at radius 2 is 1.81 bits per heavy atom. The molecule has 0 spiro atoms. The lowest BCUT2D eigenvalue weighted by atomic mass is 9.94. The number of anilines is 2. The minimum absolute atomic E-state index is 0.00142. The number of rotatable bonds is 5. The van der Waals surface area contributed by atoms with Crippen molar-refractivity contribution in [3.8, 4) is 17.6 Å². The van der Waals surface area contributed by atoms with Crippen molar-refractivity contribution >= 4 is 39.8 Å². The predicted octanol–water partition coefficient (Wildman–Crippen LogP) is 4.63. The topological polar surface area (TPSA) is 87.5 Å². The molecule has 1 N–H and O–H groups in total. The summed E-state index contributed by atoms with van der Waals surface area (Å²) in [6.45, 7) is 1.31. The van der Waals surface area contributed by atoms with Gasteiger partial charge >= 0.3 is 0 Å². The van der Waals surface area contributed by atoms with Crippen LogP contribution in [0.25, 0.3) is 10.9 Å². The van der Waals surface area contributed by atoms with Crippen LogP contribution in [0.3, 0.4) is 0 Å². The molecule has 4 rings (SSSR count). The van der Waals surface area contributed by atoms with Gasteiger partial charge in [-0.15, -0.1) is 0 Å². The number of nitrogens with one attached hydrogen (secondary N) is 1. The van der Waals surface area contributed by atoms with Gasteiger partial charge in [0.15, 0.2) is 11.5 Å². The molecule has 3 aromatic rings.